The van der Waals surface area contributed by atoms with E-state index >= 15 is 0 Å². The van der Waals surface area contributed by atoms with Gasteiger partial charge in [0, 0.05) is 12.3 Å². The van der Waals surface area contributed by atoms with Crippen molar-refractivity contribution in [1.82, 2.24) is 0 Å². The summed E-state index contributed by atoms with van der Waals surface area (Å²) in [6.07, 6.45) is -1.06. The van der Waals surface area contributed by atoms with Crippen LogP contribution >= 0.6 is 0 Å². The topological polar surface area (TPSA) is 54.4 Å². The zero-order chi connectivity index (χ0) is 19.7. The van der Waals surface area contributed by atoms with Crippen LogP contribution in [0.5, 0.6) is 0 Å². The molecule has 6 rings (SSSR count). The van der Waals surface area contributed by atoms with Gasteiger partial charge >= 0.3 is 15.4 Å². The third-order valence-electron chi connectivity index (χ3n) is 6.04. The maximum absolute atomic E-state index is 14.8. The minimum atomic E-state index is -5.57. The van der Waals surface area contributed by atoms with Crippen LogP contribution in [0.3, 0.4) is 0 Å². The molecule has 142 valence electrons. The van der Waals surface area contributed by atoms with Crippen LogP contribution in [0.1, 0.15) is 45.7 Å². The fourth-order valence-corrected chi connectivity index (χ4v) is 5.43. The van der Waals surface area contributed by atoms with Gasteiger partial charge in [-0.15, -0.1) is 0 Å². The van der Waals surface area contributed by atoms with Crippen LogP contribution in [-0.2, 0) is 15.5 Å². The van der Waals surface area contributed by atoms with Gasteiger partial charge in [-0.2, -0.15) is 17.2 Å². The minimum absolute atomic E-state index is 0.0927. The zero-order valence-electron chi connectivity index (χ0n) is 14.6. The van der Waals surface area contributed by atoms with Gasteiger partial charge < -0.3 is 0 Å². The molecule has 0 fully saturated rings. The van der Waals surface area contributed by atoms with E-state index in [4.69, 9.17) is 0 Å². The summed E-state index contributed by atoms with van der Waals surface area (Å²) in [5.74, 6) is -0.0927. The quantitative estimate of drug-likeness (QED) is 0.651. The molecule has 3 aliphatic rings. The Bertz CT molecular complexity index is 1100. The van der Waals surface area contributed by atoms with Crippen LogP contribution in [0.4, 0.5) is 8.78 Å². The number of alkyl halides is 2. The number of benzene rings is 3. The van der Waals surface area contributed by atoms with Crippen molar-refractivity contribution in [3.8, 4) is 0 Å². The lowest BCUT2D eigenvalue weighted by Gasteiger charge is -2.51. The van der Waals surface area contributed by atoms with E-state index in [1.807, 2.05) is 36.4 Å². The van der Waals surface area contributed by atoms with Gasteiger partial charge in [0.15, 0.2) is 0 Å². The highest BCUT2D eigenvalue weighted by Gasteiger charge is 2.59. The Hall–Kier alpha value is -2.57. The fraction of sp³-hybridized carbons (Fsp3) is 0.182. The molecular weight excluding hydrogens is 382 g/mol. The van der Waals surface area contributed by atoms with Crippen LogP contribution in [0.15, 0.2) is 72.8 Å². The highest BCUT2D eigenvalue weighted by Crippen LogP contribution is 2.61. The molecule has 3 aliphatic carbocycles. The monoisotopic (exact) mass is 398 g/mol. The molecule has 28 heavy (non-hydrogen) atoms. The summed E-state index contributed by atoms with van der Waals surface area (Å²) < 4.78 is 62.0. The second-order valence-corrected chi connectivity index (χ2v) is 8.94. The average molecular weight is 398 g/mol. The van der Waals surface area contributed by atoms with Crippen LogP contribution in [0.2, 0.25) is 0 Å². The van der Waals surface area contributed by atoms with Crippen molar-refractivity contribution >= 4 is 10.1 Å². The first-order valence-corrected chi connectivity index (χ1v) is 10.3. The minimum Gasteiger partial charge on any atom is -0.281 e. The molecule has 0 aliphatic heterocycles. The molecule has 0 heterocycles. The largest absolute Gasteiger partial charge is 0.371 e. The summed E-state index contributed by atoms with van der Waals surface area (Å²) in [6.45, 7) is 0. The number of hydrogen-bond acceptors (Lipinski definition) is 2. The molecule has 0 saturated carbocycles. The van der Waals surface area contributed by atoms with E-state index in [-0.39, 0.29) is 5.92 Å². The lowest BCUT2D eigenvalue weighted by atomic mass is 9.52. The summed E-state index contributed by atoms with van der Waals surface area (Å²) in [4.78, 5) is 0. The summed E-state index contributed by atoms with van der Waals surface area (Å²) in [6, 6.07) is 22.0. The Morgan fingerprint density at radius 1 is 0.786 bits per heavy atom. The predicted octanol–water partition coefficient (Wildman–Crippen LogP) is 4.70. The Balaban J connectivity index is 1.92. The van der Waals surface area contributed by atoms with Gasteiger partial charge in [0.2, 0.25) is 0 Å². The first kappa shape index (κ1) is 17.5. The highest BCUT2D eigenvalue weighted by molar-refractivity contribution is 7.86. The summed E-state index contributed by atoms with van der Waals surface area (Å²) >= 11 is 0. The molecule has 0 atom stereocenters. The van der Waals surface area contributed by atoms with Gasteiger partial charge in [-0.25, -0.2) is 0 Å². The number of hydrogen-bond donors (Lipinski definition) is 1. The molecular formula is C22H16F2O3S. The maximum atomic E-state index is 14.8. The van der Waals surface area contributed by atoms with Gasteiger partial charge in [-0.05, 0) is 33.4 Å². The second-order valence-electron chi connectivity index (χ2n) is 7.39. The van der Waals surface area contributed by atoms with Crippen molar-refractivity contribution in [2.45, 2.75) is 23.0 Å². The van der Waals surface area contributed by atoms with E-state index in [1.54, 1.807) is 36.4 Å². The van der Waals surface area contributed by atoms with Crippen LogP contribution in [-0.4, -0.2) is 18.2 Å². The first-order chi connectivity index (χ1) is 13.3. The third kappa shape index (κ3) is 2.07. The Kier molecular flexibility index (Phi) is 3.44. The van der Waals surface area contributed by atoms with Gasteiger partial charge in [0.05, 0.1) is 5.41 Å². The molecule has 3 nitrogen and oxygen atoms in total. The van der Waals surface area contributed by atoms with Crippen molar-refractivity contribution in [2.24, 2.45) is 0 Å². The molecule has 2 bridgehead atoms. The maximum Gasteiger partial charge on any atom is 0.371 e. The standard InChI is InChI=1S/C22H16F2O3S/c23-22(24,28(25,26)27)13-21-17-10-4-1-7-14(17)20(15-8-2-5-11-18(15)21)16-9-3-6-12-19(16)21/h1-12,20H,13H2,(H,25,26,27). The molecule has 0 amide bonds. The third-order valence-corrected chi connectivity index (χ3v) is 6.94. The molecule has 0 radical (unpaired) electrons. The first-order valence-electron chi connectivity index (χ1n) is 8.90. The van der Waals surface area contributed by atoms with Gasteiger partial charge in [-0.3, -0.25) is 4.55 Å². The summed E-state index contributed by atoms with van der Waals surface area (Å²) in [5, 5.41) is -4.30. The van der Waals surface area contributed by atoms with E-state index in [9.17, 15) is 21.8 Å². The zero-order valence-corrected chi connectivity index (χ0v) is 15.5. The van der Waals surface area contributed by atoms with Crippen molar-refractivity contribution in [1.29, 1.82) is 0 Å². The van der Waals surface area contributed by atoms with Crippen molar-refractivity contribution in [2.75, 3.05) is 0 Å². The van der Waals surface area contributed by atoms with Gasteiger partial charge in [-0.1, -0.05) is 72.8 Å². The lowest BCUT2D eigenvalue weighted by molar-refractivity contribution is 0.0554. The SMILES string of the molecule is O=S(=O)(O)C(F)(F)CC12c3ccccc3C(c3ccccc31)c1ccccc12. The second kappa shape index (κ2) is 5.49. The molecule has 0 spiro atoms. The lowest BCUT2D eigenvalue weighted by Crippen LogP contribution is -2.47. The van der Waals surface area contributed by atoms with E-state index in [1.165, 1.54) is 0 Å². The Labute approximate surface area is 161 Å². The van der Waals surface area contributed by atoms with Crippen molar-refractivity contribution < 1.29 is 21.8 Å². The molecule has 1 N–H and O–H groups in total. The molecule has 3 aromatic rings. The fourth-order valence-electron chi connectivity index (χ4n) is 5.04. The molecule has 3 aromatic carbocycles. The predicted molar refractivity (Wildman–Crippen MR) is 101 cm³/mol. The molecule has 0 unspecified atom stereocenters. The smallest absolute Gasteiger partial charge is 0.281 e. The van der Waals surface area contributed by atoms with Crippen molar-refractivity contribution in [3.05, 3.63) is 106 Å². The molecule has 6 heteroatoms. The summed E-state index contributed by atoms with van der Waals surface area (Å²) in [7, 11) is -5.57. The van der Waals surface area contributed by atoms with Gasteiger partial charge in [0.25, 0.3) is 0 Å². The van der Waals surface area contributed by atoms with Crippen molar-refractivity contribution in [3.63, 3.8) is 0 Å². The molecule has 0 saturated heterocycles. The van der Waals surface area contributed by atoms with Crippen LogP contribution < -0.4 is 0 Å². The highest BCUT2D eigenvalue weighted by atomic mass is 32.2. The normalized spacial score (nSPS) is 22.3. The van der Waals surface area contributed by atoms with E-state index in [2.05, 4.69) is 0 Å². The number of halogens is 2. The van der Waals surface area contributed by atoms with Gasteiger partial charge in [0.1, 0.15) is 0 Å². The Morgan fingerprint density at radius 2 is 1.14 bits per heavy atom. The van der Waals surface area contributed by atoms with Crippen LogP contribution in [0.25, 0.3) is 0 Å². The molecule has 0 aromatic heterocycles. The Morgan fingerprint density at radius 3 is 1.50 bits per heavy atom. The summed E-state index contributed by atoms with van der Waals surface area (Å²) in [5.41, 5.74) is 3.32. The van der Waals surface area contributed by atoms with E-state index in [0.29, 0.717) is 16.7 Å². The average Bonchev–Trinajstić information content (AvgIpc) is 2.67. The number of rotatable bonds is 3. The van der Waals surface area contributed by atoms with Crippen LogP contribution in [0, 0.1) is 0 Å². The van der Waals surface area contributed by atoms with E-state index in [0.717, 1.165) is 16.7 Å². The van der Waals surface area contributed by atoms with E-state index < -0.39 is 27.2 Å².